The van der Waals surface area contributed by atoms with E-state index in [1.165, 1.54) is 22.0 Å². The predicted molar refractivity (Wildman–Crippen MR) is 164 cm³/mol. The Balaban J connectivity index is 1.57. The van der Waals surface area contributed by atoms with Gasteiger partial charge in [-0.3, -0.25) is 9.36 Å². The van der Waals surface area contributed by atoms with Crippen LogP contribution in [0.3, 0.4) is 0 Å². The van der Waals surface area contributed by atoms with Crippen LogP contribution in [0.15, 0.2) is 93.9 Å². The van der Waals surface area contributed by atoms with E-state index >= 15 is 0 Å². The van der Waals surface area contributed by atoms with Crippen LogP contribution >= 0.6 is 22.9 Å². The fourth-order valence-corrected chi connectivity index (χ4v) is 6.82. The lowest BCUT2D eigenvalue weighted by Gasteiger charge is -2.25. The molecule has 1 atom stereocenters. The summed E-state index contributed by atoms with van der Waals surface area (Å²) < 4.78 is 24.0. The van der Waals surface area contributed by atoms with E-state index < -0.39 is 12.0 Å². The Morgan fingerprint density at radius 1 is 1.07 bits per heavy atom. The van der Waals surface area contributed by atoms with Gasteiger partial charge in [-0.15, -0.1) is 0 Å². The summed E-state index contributed by atoms with van der Waals surface area (Å²) in [6, 6.07) is 21.0. The van der Waals surface area contributed by atoms with Crippen molar-refractivity contribution in [2.24, 2.45) is 4.99 Å². The number of halogens is 2. The predicted octanol–water partition coefficient (Wildman–Crippen LogP) is 5.90. The standard InChI is InChI=1S/C33H27ClFN3O3S/c1-4-41-32(40)29-19(2)36-33-38(30(29)23-13-6-8-14-25(23)34)31(39)28(42-33)17-24-20(3)37(27-16-10-7-12-22(24)27)18-21-11-5-9-15-26(21)35/h5-17,30H,4,18H2,1-3H3/b28-17-/t30-/m1/s1. The highest BCUT2D eigenvalue weighted by molar-refractivity contribution is 7.07. The van der Waals surface area contributed by atoms with Crippen molar-refractivity contribution < 1.29 is 13.9 Å². The Bertz CT molecular complexity index is 2090. The van der Waals surface area contributed by atoms with Crippen LogP contribution in [-0.4, -0.2) is 21.7 Å². The van der Waals surface area contributed by atoms with Gasteiger partial charge in [0.15, 0.2) is 4.80 Å². The number of para-hydroxylation sites is 1. The zero-order valence-electron chi connectivity index (χ0n) is 23.2. The van der Waals surface area contributed by atoms with Gasteiger partial charge in [0.2, 0.25) is 0 Å². The number of carbonyl (C=O) groups excluding carboxylic acids is 1. The van der Waals surface area contributed by atoms with E-state index in [4.69, 9.17) is 16.3 Å². The van der Waals surface area contributed by atoms with Crippen LogP contribution in [0, 0.1) is 12.7 Å². The molecule has 0 saturated carbocycles. The Hall–Kier alpha value is -4.27. The quantitative estimate of drug-likeness (QED) is 0.228. The van der Waals surface area contributed by atoms with Gasteiger partial charge in [-0.05, 0) is 50.6 Å². The molecule has 6 rings (SSSR count). The number of aromatic nitrogens is 2. The van der Waals surface area contributed by atoms with Crippen LogP contribution < -0.4 is 14.9 Å². The summed E-state index contributed by atoms with van der Waals surface area (Å²) >= 11 is 7.87. The molecule has 0 saturated heterocycles. The maximum absolute atomic E-state index is 14.6. The fourth-order valence-electron chi connectivity index (χ4n) is 5.55. The molecule has 1 aliphatic heterocycles. The van der Waals surface area contributed by atoms with Crippen LogP contribution in [0.2, 0.25) is 5.02 Å². The van der Waals surface area contributed by atoms with E-state index in [-0.39, 0.29) is 23.6 Å². The van der Waals surface area contributed by atoms with Crippen molar-refractivity contribution in [3.63, 3.8) is 0 Å². The van der Waals surface area contributed by atoms with Crippen LogP contribution in [-0.2, 0) is 16.1 Å². The Kier molecular flexibility index (Phi) is 7.43. The number of hydrogen-bond donors (Lipinski definition) is 0. The topological polar surface area (TPSA) is 65.6 Å². The first-order chi connectivity index (χ1) is 20.3. The molecule has 0 bridgehead atoms. The molecule has 0 spiro atoms. The maximum Gasteiger partial charge on any atom is 0.338 e. The second kappa shape index (κ2) is 11.2. The maximum atomic E-state index is 14.6. The van der Waals surface area contributed by atoms with Crippen LogP contribution in [0.1, 0.15) is 42.3 Å². The molecule has 6 nitrogen and oxygen atoms in total. The molecule has 2 aromatic heterocycles. The number of benzene rings is 3. The summed E-state index contributed by atoms with van der Waals surface area (Å²) in [7, 11) is 0. The Labute approximate surface area is 250 Å². The SMILES string of the molecule is CCOC(=O)C1=C(C)N=c2s/c(=C\c3c(C)n(Cc4ccccc4F)c4ccccc34)c(=O)n2[C@@H]1c1ccccc1Cl. The Morgan fingerprint density at radius 3 is 2.55 bits per heavy atom. The Morgan fingerprint density at radius 2 is 1.79 bits per heavy atom. The number of ether oxygens (including phenoxy) is 1. The zero-order valence-corrected chi connectivity index (χ0v) is 24.8. The van der Waals surface area contributed by atoms with E-state index in [0.717, 1.165) is 22.2 Å². The van der Waals surface area contributed by atoms with Crippen LogP contribution in [0.5, 0.6) is 0 Å². The van der Waals surface area contributed by atoms with Gasteiger partial charge in [-0.1, -0.05) is 77.5 Å². The van der Waals surface area contributed by atoms with Gasteiger partial charge in [-0.2, -0.15) is 0 Å². The molecule has 42 heavy (non-hydrogen) atoms. The monoisotopic (exact) mass is 599 g/mol. The van der Waals surface area contributed by atoms with Crippen molar-refractivity contribution in [1.29, 1.82) is 0 Å². The molecule has 5 aromatic rings. The van der Waals surface area contributed by atoms with Gasteiger partial charge >= 0.3 is 5.97 Å². The van der Waals surface area contributed by atoms with E-state index in [9.17, 15) is 14.0 Å². The summed E-state index contributed by atoms with van der Waals surface area (Å²) in [6.07, 6.45) is 1.87. The molecule has 0 radical (unpaired) electrons. The number of fused-ring (bicyclic) bond motifs is 2. The average molecular weight is 600 g/mol. The summed E-state index contributed by atoms with van der Waals surface area (Å²) in [5.41, 5.74) is 4.36. The molecule has 0 aliphatic carbocycles. The third-order valence-corrected chi connectivity index (χ3v) is 8.89. The summed E-state index contributed by atoms with van der Waals surface area (Å²) in [4.78, 5) is 32.4. The lowest BCUT2D eigenvalue weighted by molar-refractivity contribution is -0.139. The first kappa shape index (κ1) is 27.9. The highest BCUT2D eigenvalue weighted by Crippen LogP contribution is 2.34. The number of nitrogens with zero attached hydrogens (tertiary/aromatic N) is 3. The molecule has 0 N–H and O–H groups in total. The highest BCUT2D eigenvalue weighted by Gasteiger charge is 2.34. The minimum atomic E-state index is -0.792. The molecule has 0 amide bonds. The number of thiazole rings is 1. The fraction of sp³-hybridized carbons (Fsp3) is 0.182. The molecule has 0 fully saturated rings. The lowest BCUT2D eigenvalue weighted by Crippen LogP contribution is -2.40. The summed E-state index contributed by atoms with van der Waals surface area (Å²) in [6.45, 7) is 5.99. The van der Waals surface area contributed by atoms with Crippen LogP contribution in [0.4, 0.5) is 4.39 Å². The van der Waals surface area contributed by atoms with Gasteiger partial charge < -0.3 is 9.30 Å². The molecule has 212 valence electrons. The smallest absolute Gasteiger partial charge is 0.338 e. The summed E-state index contributed by atoms with van der Waals surface area (Å²) in [5.74, 6) is -0.804. The van der Waals surface area contributed by atoms with Crippen LogP contribution in [0.25, 0.3) is 17.0 Å². The largest absolute Gasteiger partial charge is 0.463 e. The number of carbonyl (C=O) groups is 1. The molecule has 3 heterocycles. The molecular formula is C33H27ClFN3O3S. The van der Waals surface area contributed by atoms with E-state index in [2.05, 4.69) is 9.56 Å². The van der Waals surface area contributed by atoms with Crippen molar-refractivity contribution in [3.05, 3.63) is 137 Å². The van der Waals surface area contributed by atoms with Gasteiger partial charge in [-0.25, -0.2) is 14.2 Å². The number of esters is 1. The highest BCUT2D eigenvalue weighted by atomic mass is 35.5. The molecule has 0 unspecified atom stereocenters. The molecule has 3 aromatic carbocycles. The number of allylic oxidation sites excluding steroid dienone is 1. The van der Waals surface area contributed by atoms with Crippen molar-refractivity contribution in [2.45, 2.75) is 33.4 Å². The third kappa shape index (κ3) is 4.70. The zero-order chi connectivity index (χ0) is 29.5. The van der Waals surface area contributed by atoms with E-state index in [1.807, 2.05) is 55.5 Å². The minimum absolute atomic E-state index is 0.186. The number of rotatable bonds is 6. The first-order valence-corrected chi connectivity index (χ1v) is 14.7. The lowest BCUT2D eigenvalue weighted by atomic mass is 9.96. The molecule has 9 heteroatoms. The molecular weight excluding hydrogens is 573 g/mol. The van der Waals surface area contributed by atoms with Crippen molar-refractivity contribution >= 4 is 45.9 Å². The first-order valence-electron chi connectivity index (χ1n) is 13.6. The van der Waals surface area contributed by atoms with Crippen molar-refractivity contribution in [3.8, 4) is 0 Å². The van der Waals surface area contributed by atoms with Crippen molar-refractivity contribution in [2.75, 3.05) is 6.61 Å². The van der Waals surface area contributed by atoms with E-state index in [0.29, 0.717) is 37.7 Å². The average Bonchev–Trinajstić information content (AvgIpc) is 3.42. The second-order valence-corrected chi connectivity index (χ2v) is 11.4. The second-order valence-electron chi connectivity index (χ2n) is 10.0. The normalized spacial score (nSPS) is 15.2. The van der Waals surface area contributed by atoms with Crippen molar-refractivity contribution in [1.82, 2.24) is 9.13 Å². The van der Waals surface area contributed by atoms with E-state index in [1.54, 1.807) is 38.1 Å². The van der Waals surface area contributed by atoms with Gasteiger partial charge in [0.1, 0.15) is 11.9 Å². The molecule has 1 aliphatic rings. The van der Waals surface area contributed by atoms with Gasteiger partial charge in [0, 0.05) is 32.7 Å². The third-order valence-electron chi connectivity index (χ3n) is 7.56. The van der Waals surface area contributed by atoms with Gasteiger partial charge in [0.25, 0.3) is 5.56 Å². The summed E-state index contributed by atoms with van der Waals surface area (Å²) in [5, 5.41) is 1.38. The van der Waals surface area contributed by atoms with Gasteiger partial charge in [0.05, 0.1) is 29.0 Å². The number of hydrogen-bond acceptors (Lipinski definition) is 5. The minimum Gasteiger partial charge on any atom is -0.463 e.